The highest BCUT2D eigenvalue weighted by molar-refractivity contribution is 9.10. The predicted molar refractivity (Wildman–Crippen MR) is 74.0 cm³/mol. The standard InChI is InChI=1S/C13H20BrNO2/c1-9-8-11(16-2)10(6-4-5-7-15)12(14)13(9)17-3/h8H,4-7,15H2,1-3H3. The molecule has 0 fully saturated rings. The van der Waals surface area contributed by atoms with Crippen LogP contribution < -0.4 is 15.2 Å². The molecule has 1 aromatic carbocycles. The number of methoxy groups -OCH3 is 2. The molecule has 2 N–H and O–H groups in total. The van der Waals surface area contributed by atoms with Gasteiger partial charge in [-0.3, -0.25) is 0 Å². The van der Waals surface area contributed by atoms with E-state index in [0.29, 0.717) is 0 Å². The third-order valence-electron chi connectivity index (χ3n) is 2.77. The molecule has 0 unspecified atom stereocenters. The Morgan fingerprint density at radius 1 is 1.24 bits per heavy atom. The van der Waals surface area contributed by atoms with Crippen LogP contribution in [0.2, 0.25) is 0 Å². The van der Waals surface area contributed by atoms with Gasteiger partial charge in [-0.25, -0.2) is 0 Å². The second kappa shape index (κ2) is 6.87. The molecule has 1 aromatic rings. The van der Waals surface area contributed by atoms with Gasteiger partial charge in [-0.15, -0.1) is 0 Å². The van der Waals surface area contributed by atoms with E-state index < -0.39 is 0 Å². The lowest BCUT2D eigenvalue weighted by Gasteiger charge is -2.16. The van der Waals surface area contributed by atoms with E-state index in [1.165, 1.54) is 0 Å². The summed E-state index contributed by atoms with van der Waals surface area (Å²) in [7, 11) is 3.38. The molecule has 17 heavy (non-hydrogen) atoms. The number of unbranched alkanes of at least 4 members (excludes halogenated alkanes) is 1. The fraction of sp³-hybridized carbons (Fsp3) is 0.538. The number of hydrogen-bond acceptors (Lipinski definition) is 3. The molecule has 96 valence electrons. The van der Waals surface area contributed by atoms with Crippen molar-refractivity contribution in [3.63, 3.8) is 0 Å². The molecule has 0 atom stereocenters. The zero-order valence-corrected chi connectivity index (χ0v) is 12.3. The minimum absolute atomic E-state index is 0.725. The monoisotopic (exact) mass is 301 g/mol. The maximum Gasteiger partial charge on any atom is 0.136 e. The van der Waals surface area contributed by atoms with Gasteiger partial charge in [-0.05, 0) is 60.3 Å². The first-order chi connectivity index (χ1) is 8.15. The predicted octanol–water partition coefficient (Wildman–Crippen LogP) is 3.06. The molecule has 0 aliphatic rings. The minimum atomic E-state index is 0.725. The van der Waals surface area contributed by atoms with Crippen molar-refractivity contribution in [1.82, 2.24) is 0 Å². The second-order valence-corrected chi connectivity index (χ2v) is 4.76. The molecule has 0 heterocycles. The highest BCUT2D eigenvalue weighted by Gasteiger charge is 2.15. The van der Waals surface area contributed by atoms with Gasteiger partial charge in [0.15, 0.2) is 0 Å². The van der Waals surface area contributed by atoms with Crippen LogP contribution in [-0.2, 0) is 6.42 Å². The summed E-state index contributed by atoms with van der Waals surface area (Å²) in [6.07, 6.45) is 3.01. The van der Waals surface area contributed by atoms with Crippen molar-refractivity contribution in [2.45, 2.75) is 26.2 Å². The van der Waals surface area contributed by atoms with Gasteiger partial charge in [-0.1, -0.05) is 0 Å². The number of benzene rings is 1. The molecule has 0 amide bonds. The molecule has 3 nitrogen and oxygen atoms in total. The average Bonchev–Trinajstić information content (AvgIpc) is 2.32. The first kappa shape index (κ1) is 14.3. The number of halogens is 1. The maximum atomic E-state index is 5.51. The highest BCUT2D eigenvalue weighted by atomic mass is 79.9. The minimum Gasteiger partial charge on any atom is -0.496 e. The molecule has 1 rings (SSSR count). The number of rotatable bonds is 6. The SMILES string of the molecule is COc1cc(C)c(OC)c(Br)c1CCCCN. The maximum absolute atomic E-state index is 5.51. The first-order valence-corrected chi connectivity index (χ1v) is 6.55. The number of hydrogen-bond donors (Lipinski definition) is 1. The summed E-state index contributed by atoms with van der Waals surface area (Å²) in [6, 6.07) is 2.02. The van der Waals surface area contributed by atoms with Crippen LogP contribution in [0.25, 0.3) is 0 Å². The Labute approximate surface area is 111 Å². The van der Waals surface area contributed by atoms with Crippen molar-refractivity contribution in [3.05, 3.63) is 21.7 Å². The van der Waals surface area contributed by atoms with Gasteiger partial charge >= 0.3 is 0 Å². The third-order valence-corrected chi connectivity index (χ3v) is 3.61. The summed E-state index contributed by atoms with van der Waals surface area (Å²) in [5.41, 5.74) is 7.74. The normalized spacial score (nSPS) is 10.4. The van der Waals surface area contributed by atoms with Crippen molar-refractivity contribution < 1.29 is 9.47 Å². The molecule has 0 radical (unpaired) electrons. The average molecular weight is 302 g/mol. The smallest absolute Gasteiger partial charge is 0.136 e. The number of nitrogens with two attached hydrogens (primary N) is 1. The summed E-state index contributed by atoms with van der Waals surface area (Å²) in [5.74, 6) is 1.79. The van der Waals surface area contributed by atoms with Crippen LogP contribution in [0.1, 0.15) is 24.0 Å². The van der Waals surface area contributed by atoms with E-state index in [0.717, 1.165) is 52.9 Å². The fourth-order valence-corrected chi connectivity index (χ4v) is 2.75. The largest absolute Gasteiger partial charge is 0.496 e. The number of aryl methyl sites for hydroxylation is 1. The van der Waals surface area contributed by atoms with Gasteiger partial charge in [0.1, 0.15) is 11.5 Å². The van der Waals surface area contributed by atoms with E-state index in [9.17, 15) is 0 Å². The lowest BCUT2D eigenvalue weighted by molar-refractivity contribution is 0.393. The van der Waals surface area contributed by atoms with Gasteiger partial charge in [0.05, 0.1) is 18.7 Å². The zero-order chi connectivity index (χ0) is 12.8. The van der Waals surface area contributed by atoms with Crippen LogP contribution in [0.3, 0.4) is 0 Å². The Balaban J connectivity index is 3.06. The van der Waals surface area contributed by atoms with Gasteiger partial charge < -0.3 is 15.2 Å². The van der Waals surface area contributed by atoms with Crippen molar-refractivity contribution in [2.75, 3.05) is 20.8 Å². The van der Waals surface area contributed by atoms with E-state index in [-0.39, 0.29) is 0 Å². The van der Waals surface area contributed by atoms with E-state index in [1.807, 2.05) is 13.0 Å². The summed E-state index contributed by atoms with van der Waals surface area (Å²) in [4.78, 5) is 0. The Morgan fingerprint density at radius 2 is 1.94 bits per heavy atom. The second-order valence-electron chi connectivity index (χ2n) is 3.97. The molecule has 0 saturated carbocycles. The lowest BCUT2D eigenvalue weighted by Crippen LogP contribution is -2.02. The van der Waals surface area contributed by atoms with Crippen LogP contribution in [0, 0.1) is 6.92 Å². The van der Waals surface area contributed by atoms with Crippen LogP contribution in [0.4, 0.5) is 0 Å². The van der Waals surface area contributed by atoms with E-state index in [4.69, 9.17) is 15.2 Å². The van der Waals surface area contributed by atoms with E-state index in [1.54, 1.807) is 14.2 Å². The molecule has 0 aromatic heterocycles. The van der Waals surface area contributed by atoms with Crippen LogP contribution in [-0.4, -0.2) is 20.8 Å². The molecule has 0 aliphatic carbocycles. The van der Waals surface area contributed by atoms with Crippen molar-refractivity contribution in [2.24, 2.45) is 5.73 Å². The lowest BCUT2D eigenvalue weighted by atomic mass is 10.0. The summed E-state index contributed by atoms with van der Waals surface area (Å²) < 4.78 is 11.8. The number of ether oxygens (including phenoxy) is 2. The van der Waals surface area contributed by atoms with E-state index in [2.05, 4.69) is 15.9 Å². The van der Waals surface area contributed by atoms with Crippen molar-refractivity contribution in [3.8, 4) is 11.5 Å². The third kappa shape index (κ3) is 3.36. The summed E-state index contributed by atoms with van der Waals surface area (Å²) in [5, 5.41) is 0. The van der Waals surface area contributed by atoms with Gasteiger partial charge in [0.25, 0.3) is 0 Å². The van der Waals surface area contributed by atoms with Crippen LogP contribution in [0.15, 0.2) is 10.5 Å². The summed E-state index contributed by atoms with van der Waals surface area (Å²) in [6.45, 7) is 2.73. The molecular formula is C13H20BrNO2. The van der Waals surface area contributed by atoms with Crippen molar-refractivity contribution >= 4 is 15.9 Å². The van der Waals surface area contributed by atoms with Gasteiger partial charge in [0.2, 0.25) is 0 Å². The van der Waals surface area contributed by atoms with Crippen molar-refractivity contribution in [1.29, 1.82) is 0 Å². The Morgan fingerprint density at radius 3 is 2.47 bits per heavy atom. The molecular weight excluding hydrogens is 282 g/mol. The topological polar surface area (TPSA) is 44.5 Å². The highest BCUT2D eigenvalue weighted by Crippen LogP contribution is 2.38. The quantitative estimate of drug-likeness (QED) is 0.821. The van der Waals surface area contributed by atoms with Gasteiger partial charge in [0, 0.05) is 5.56 Å². The summed E-state index contributed by atoms with van der Waals surface area (Å²) >= 11 is 3.60. The van der Waals surface area contributed by atoms with Gasteiger partial charge in [-0.2, -0.15) is 0 Å². The Hall–Kier alpha value is -0.740. The Bertz CT molecular complexity index is 380. The molecule has 0 aliphatic heterocycles. The Kier molecular flexibility index (Phi) is 5.78. The first-order valence-electron chi connectivity index (χ1n) is 5.75. The molecule has 0 bridgehead atoms. The van der Waals surface area contributed by atoms with Crippen LogP contribution in [0.5, 0.6) is 11.5 Å². The molecule has 0 saturated heterocycles. The van der Waals surface area contributed by atoms with E-state index >= 15 is 0 Å². The van der Waals surface area contributed by atoms with Crippen LogP contribution >= 0.6 is 15.9 Å². The fourth-order valence-electron chi connectivity index (χ4n) is 1.88. The molecule has 0 spiro atoms. The molecule has 4 heteroatoms. The zero-order valence-electron chi connectivity index (χ0n) is 10.7.